The molecular weight excluding hydrogens is 371 g/mol. The zero-order chi connectivity index (χ0) is 21.2. The van der Waals surface area contributed by atoms with Crippen LogP contribution in [0.5, 0.6) is 0 Å². The largest absolute Gasteiger partial charge is 0.481 e. The van der Waals surface area contributed by atoms with Gasteiger partial charge < -0.3 is 24.7 Å². The molecule has 0 aromatic carbocycles. The summed E-state index contributed by atoms with van der Waals surface area (Å²) in [5.74, 6) is -0.927. The van der Waals surface area contributed by atoms with Crippen LogP contribution in [0.2, 0.25) is 0 Å². The number of hydrogen-bond donors (Lipinski definition) is 3. The standard InChI is InChI=1S/C12H19N6O4P.2C2H6/c1-7(22-6-23(14,21)8(2)12(19)20)3-18-5-17-9-10(13)15-4-16-11(9)18;2*1-2/h4-5,7-8H,3,6H2,1-2H3,(H2,14,21)(H,19,20)(H2,13,15,16);2*1-2H3/t7-,8-,23?;;/m1../s1. The van der Waals surface area contributed by atoms with Crippen molar-refractivity contribution in [3.05, 3.63) is 12.7 Å². The van der Waals surface area contributed by atoms with Crippen LogP contribution in [-0.2, 0) is 20.6 Å². The van der Waals surface area contributed by atoms with E-state index < -0.39 is 18.9 Å². The molecule has 1 unspecified atom stereocenters. The van der Waals surface area contributed by atoms with Crippen LogP contribution in [-0.4, -0.2) is 48.7 Å². The Bertz CT molecular complexity index is 766. The number of fused-ring (bicyclic) bond motifs is 1. The van der Waals surface area contributed by atoms with Gasteiger partial charge in [0.05, 0.1) is 19.0 Å². The summed E-state index contributed by atoms with van der Waals surface area (Å²) in [6.07, 6.45) is 2.20. The highest BCUT2D eigenvalue weighted by Crippen LogP contribution is 2.42. The van der Waals surface area contributed by atoms with Crippen LogP contribution in [0.15, 0.2) is 12.7 Å². The number of aliphatic carboxylic acids is 1. The molecule has 0 amide bonds. The summed E-state index contributed by atoms with van der Waals surface area (Å²) in [6, 6.07) is 0. The Morgan fingerprint density at radius 2 is 1.85 bits per heavy atom. The Labute approximate surface area is 159 Å². The number of anilines is 1. The molecule has 0 spiro atoms. The first kappa shape index (κ1) is 25.0. The number of rotatable bonds is 7. The second-order valence-corrected chi connectivity index (χ2v) is 8.04. The SMILES string of the molecule is CC.CC.C[C@H](Cn1cnc2c(N)ncnc21)OCP(N)(=O)[C@H](C)C(=O)O. The summed E-state index contributed by atoms with van der Waals surface area (Å²) in [6.45, 7) is 11.4. The van der Waals surface area contributed by atoms with Crippen LogP contribution >= 0.6 is 7.29 Å². The van der Waals surface area contributed by atoms with Gasteiger partial charge in [0, 0.05) is 0 Å². The highest BCUT2D eigenvalue weighted by Gasteiger charge is 2.31. The third kappa shape index (κ3) is 6.89. The van der Waals surface area contributed by atoms with Crippen LogP contribution in [0, 0.1) is 0 Å². The van der Waals surface area contributed by atoms with Crippen molar-refractivity contribution in [1.29, 1.82) is 0 Å². The number of nitrogens with two attached hydrogens (primary N) is 2. The van der Waals surface area contributed by atoms with Crippen molar-refractivity contribution < 1.29 is 19.2 Å². The minimum atomic E-state index is -3.43. The third-order valence-electron chi connectivity index (χ3n) is 3.46. The molecule has 5 N–H and O–H groups in total. The molecule has 154 valence electrons. The normalized spacial score (nSPS) is 14.8. The maximum absolute atomic E-state index is 12.1. The van der Waals surface area contributed by atoms with Crippen molar-refractivity contribution in [3.8, 4) is 0 Å². The number of aromatic nitrogens is 4. The molecule has 0 fully saturated rings. The van der Waals surface area contributed by atoms with Gasteiger partial charge in [0.2, 0.25) is 0 Å². The summed E-state index contributed by atoms with van der Waals surface area (Å²) in [4.78, 5) is 23.0. The monoisotopic (exact) mass is 402 g/mol. The zero-order valence-electron chi connectivity index (χ0n) is 16.8. The first-order valence-electron chi connectivity index (χ1n) is 8.85. The van der Waals surface area contributed by atoms with Crippen molar-refractivity contribution in [2.75, 3.05) is 12.1 Å². The first-order valence-corrected chi connectivity index (χ1v) is 10.9. The van der Waals surface area contributed by atoms with Crippen LogP contribution in [0.1, 0.15) is 41.5 Å². The van der Waals surface area contributed by atoms with Gasteiger partial charge in [-0.25, -0.2) is 15.0 Å². The highest BCUT2D eigenvalue weighted by molar-refractivity contribution is 7.63. The predicted octanol–water partition coefficient (Wildman–Crippen LogP) is 2.53. The van der Waals surface area contributed by atoms with Crippen LogP contribution in [0.25, 0.3) is 11.2 Å². The highest BCUT2D eigenvalue weighted by atomic mass is 31.2. The smallest absolute Gasteiger partial charge is 0.315 e. The second-order valence-electron chi connectivity index (χ2n) is 5.30. The van der Waals surface area contributed by atoms with Crippen molar-refractivity contribution in [1.82, 2.24) is 19.5 Å². The molecule has 2 heterocycles. The van der Waals surface area contributed by atoms with E-state index in [-0.39, 0.29) is 18.3 Å². The average molecular weight is 402 g/mol. The van der Waals surface area contributed by atoms with E-state index in [4.69, 9.17) is 21.1 Å². The predicted molar refractivity (Wildman–Crippen MR) is 107 cm³/mol. The van der Waals surface area contributed by atoms with Gasteiger partial charge in [-0.15, -0.1) is 0 Å². The summed E-state index contributed by atoms with van der Waals surface area (Å²) in [5.41, 5.74) is 11.2. The number of nitrogen functional groups attached to an aromatic ring is 1. The van der Waals surface area contributed by atoms with E-state index in [1.54, 1.807) is 17.8 Å². The minimum Gasteiger partial charge on any atom is -0.481 e. The number of imidazole rings is 1. The van der Waals surface area contributed by atoms with Crippen molar-refractivity contribution >= 4 is 30.2 Å². The van der Waals surface area contributed by atoms with Gasteiger partial charge in [-0.1, -0.05) is 27.7 Å². The van der Waals surface area contributed by atoms with Gasteiger partial charge in [-0.05, 0) is 13.8 Å². The quantitative estimate of drug-likeness (QED) is 0.591. The number of carboxylic acid groups (broad SMARTS) is 1. The van der Waals surface area contributed by atoms with Gasteiger partial charge >= 0.3 is 5.97 Å². The van der Waals surface area contributed by atoms with Crippen molar-refractivity contribution in [2.45, 2.75) is 59.9 Å². The van der Waals surface area contributed by atoms with E-state index in [9.17, 15) is 9.36 Å². The van der Waals surface area contributed by atoms with E-state index >= 15 is 0 Å². The van der Waals surface area contributed by atoms with E-state index in [0.717, 1.165) is 0 Å². The number of ether oxygens (including phenoxy) is 1. The molecule has 0 saturated carbocycles. The van der Waals surface area contributed by atoms with E-state index in [1.165, 1.54) is 13.3 Å². The maximum Gasteiger partial charge on any atom is 0.315 e. The molecule has 2 aromatic rings. The van der Waals surface area contributed by atoms with Crippen molar-refractivity contribution in [3.63, 3.8) is 0 Å². The number of carboxylic acids is 1. The molecular formula is C16H31N6O4P. The Hall–Kier alpha value is -2.03. The average Bonchev–Trinajstić information content (AvgIpc) is 3.07. The lowest BCUT2D eigenvalue weighted by molar-refractivity contribution is -0.136. The van der Waals surface area contributed by atoms with Gasteiger partial charge in [0.15, 0.2) is 18.8 Å². The number of carbonyl (C=O) groups is 1. The van der Waals surface area contributed by atoms with Crippen LogP contribution < -0.4 is 11.2 Å². The summed E-state index contributed by atoms with van der Waals surface area (Å²) >= 11 is 0. The molecule has 27 heavy (non-hydrogen) atoms. The lowest BCUT2D eigenvalue weighted by Gasteiger charge is -2.20. The fraction of sp³-hybridized carbons (Fsp3) is 0.625. The lowest BCUT2D eigenvalue weighted by atomic mass is 10.4. The van der Waals surface area contributed by atoms with Crippen molar-refractivity contribution in [2.24, 2.45) is 5.50 Å². The van der Waals surface area contributed by atoms with Crippen LogP contribution in [0.3, 0.4) is 0 Å². The lowest BCUT2D eigenvalue weighted by Crippen LogP contribution is -2.26. The van der Waals surface area contributed by atoms with E-state index in [0.29, 0.717) is 17.7 Å². The van der Waals surface area contributed by atoms with E-state index in [1.807, 2.05) is 27.7 Å². The molecule has 0 saturated heterocycles. The van der Waals surface area contributed by atoms with Gasteiger partial charge in [0.1, 0.15) is 23.9 Å². The molecule has 0 aliphatic rings. The summed E-state index contributed by atoms with van der Waals surface area (Å²) < 4.78 is 19.3. The molecule has 0 radical (unpaired) electrons. The maximum atomic E-state index is 12.1. The fourth-order valence-corrected chi connectivity index (χ4v) is 2.99. The Balaban J connectivity index is 0.00000158. The minimum absolute atomic E-state index is 0.282. The molecule has 2 aromatic heterocycles. The molecule has 11 heteroatoms. The zero-order valence-corrected chi connectivity index (χ0v) is 17.7. The fourth-order valence-electron chi connectivity index (χ4n) is 1.90. The third-order valence-corrected chi connectivity index (χ3v) is 5.54. The molecule has 0 bridgehead atoms. The summed E-state index contributed by atoms with van der Waals surface area (Å²) in [7, 11) is -3.43. The Morgan fingerprint density at radius 1 is 1.26 bits per heavy atom. The van der Waals surface area contributed by atoms with Gasteiger partial charge in [-0.3, -0.25) is 10.3 Å². The molecule has 2 rings (SSSR count). The van der Waals surface area contributed by atoms with Gasteiger partial charge in [-0.2, -0.15) is 0 Å². The number of nitrogens with zero attached hydrogens (tertiary/aromatic N) is 4. The Morgan fingerprint density at radius 3 is 2.41 bits per heavy atom. The van der Waals surface area contributed by atoms with Gasteiger partial charge in [0.25, 0.3) is 0 Å². The topological polar surface area (TPSA) is 159 Å². The number of hydrogen-bond acceptors (Lipinski definition) is 7. The molecule has 0 aliphatic heterocycles. The van der Waals surface area contributed by atoms with Crippen LogP contribution in [0.4, 0.5) is 5.82 Å². The Kier molecular flexibility index (Phi) is 10.8. The summed E-state index contributed by atoms with van der Waals surface area (Å²) in [5, 5.41) is 8.89. The molecule has 0 aliphatic carbocycles. The first-order chi connectivity index (χ1) is 12.7. The molecule has 10 nitrogen and oxygen atoms in total. The van der Waals surface area contributed by atoms with E-state index in [2.05, 4.69) is 15.0 Å². The second kappa shape index (κ2) is 11.6. The molecule has 3 atom stereocenters.